The average Bonchev–Trinajstić information content (AvgIpc) is 2.66. The van der Waals surface area contributed by atoms with E-state index in [0.29, 0.717) is 36.3 Å². The molecule has 1 aromatic carbocycles. The molecular weight excluding hydrogens is 334 g/mol. The van der Waals surface area contributed by atoms with Gasteiger partial charge in [0.2, 0.25) is 5.88 Å². The molecule has 1 amide bonds. The number of nitrogens with zero attached hydrogens (tertiary/aromatic N) is 3. The Morgan fingerprint density at radius 2 is 2.15 bits per heavy atom. The topological polar surface area (TPSA) is 73.8 Å². The van der Waals surface area contributed by atoms with Gasteiger partial charge in [0.25, 0.3) is 5.91 Å². The molecule has 1 atom stereocenters. The average molecular weight is 357 g/mol. The van der Waals surface area contributed by atoms with Crippen LogP contribution in [0, 0.1) is 6.92 Å². The summed E-state index contributed by atoms with van der Waals surface area (Å²) in [7, 11) is 1.59. The van der Waals surface area contributed by atoms with Crippen LogP contribution in [0.5, 0.6) is 17.4 Å². The molecule has 7 heteroatoms. The van der Waals surface area contributed by atoms with Crippen molar-refractivity contribution < 1.29 is 19.0 Å². The van der Waals surface area contributed by atoms with E-state index in [1.807, 2.05) is 19.1 Å². The molecule has 0 radical (unpaired) electrons. The fourth-order valence-electron chi connectivity index (χ4n) is 2.86. The summed E-state index contributed by atoms with van der Waals surface area (Å²) in [5.41, 5.74) is 0. The lowest BCUT2D eigenvalue weighted by atomic mass is 10.1. The Morgan fingerprint density at radius 3 is 2.96 bits per heavy atom. The van der Waals surface area contributed by atoms with Crippen molar-refractivity contribution in [3.63, 3.8) is 0 Å². The lowest BCUT2D eigenvalue weighted by molar-refractivity contribution is -0.136. The number of hydrogen-bond acceptors (Lipinski definition) is 6. The molecule has 2 heterocycles. The highest BCUT2D eigenvalue weighted by Crippen LogP contribution is 2.20. The summed E-state index contributed by atoms with van der Waals surface area (Å²) in [6.07, 6.45) is 3.38. The third-order valence-corrected chi connectivity index (χ3v) is 4.17. The molecule has 1 unspecified atom stereocenters. The fourth-order valence-corrected chi connectivity index (χ4v) is 2.86. The van der Waals surface area contributed by atoms with E-state index >= 15 is 0 Å². The number of likely N-dealkylation sites (tertiary alicyclic amines) is 1. The molecule has 0 bridgehead atoms. The van der Waals surface area contributed by atoms with Gasteiger partial charge >= 0.3 is 0 Å². The molecule has 1 aliphatic heterocycles. The van der Waals surface area contributed by atoms with E-state index in [9.17, 15) is 4.79 Å². The molecule has 0 spiro atoms. The third-order valence-electron chi connectivity index (χ3n) is 4.17. The zero-order valence-electron chi connectivity index (χ0n) is 15.1. The molecule has 0 saturated carbocycles. The minimum absolute atomic E-state index is 0.00744. The van der Waals surface area contributed by atoms with Crippen LogP contribution in [-0.2, 0) is 4.79 Å². The summed E-state index contributed by atoms with van der Waals surface area (Å²) in [5, 5.41) is 0. The van der Waals surface area contributed by atoms with Crippen LogP contribution >= 0.6 is 0 Å². The van der Waals surface area contributed by atoms with Crippen LogP contribution in [0.4, 0.5) is 0 Å². The quantitative estimate of drug-likeness (QED) is 0.789. The predicted octanol–water partition coefficient (Wildman–Crippen LogP) is 2.24. The summed E-state index contributed by atoms with van der Waals surface area (Å²) >= 11 is 0. The molecular formula is C19H23N3O4. The van der Waals surface area contributed by atoms with Gasteiger partial charge in [-0.1, -0.05) is 6.07 Å². The maximum Gasteiger partial charge on any atom is 0.260 e. The SMILES string of the molecule is COc1cccc(OCC(=O)N2CCCC(Oc3ccnc(C)n3)C2)c1. The minimum Gasteiger partial charge on any atom is -0.497 e. The van der Waals surface area contributed by atoms with Gasteiger partial charge in [-0.25, -0.2) is 4.98 Å². The van der Waals surface area contributed by atoms with Gasteiger partial charge in [0.05, 0.1) is 13.7 Å². The Balaban J connectivity index is 1.52. The number of benzene rings is 1. The molecule has 2 aromatic rings. The minimum atomic E-state index is -0.0705. The number of rotatable bonds is 6. The molecule has 1 aromatic heterocycles. The van der Waals surface area contributed by atoms with E-state index in [-0.39, 0.29) is 18.6 Å². The number of aromatic nitrogens is 2. The number of amides is 1. The van der Waals surface area contributed by atoms with Gasteiger partial charge in [0, 0.05) is 24.9 Å². The molecule has 138 valence electrons. The number of hydrogen-bond donors (Lipinski definition) is 0. The highest BCUT2D eigenvalue weighted by atomic mass is 16.5. The molecule has 0 N–H and O–H groups in total. The van der Waals surface area contributed by atoms with Gasteiger partial charge in [0.1, 0.15) is 23.4 Å². The van der Waals surface area contributed by atoms with Gasteiger partial charge in [-0.15, -0.1) is 0 Å². The monoisotopic (exact) mass is 357 g/mol. The van der Waals surface area contributed by atoms with Crippen LogP contribution < -0.4 is 14.2 Å². The number of carbonyl (C=O) groups is 1. The standard InChI is InChI=1S/C19H23N3O4/c1-14-20-9-8-18(21-14)26-17-7-4-10-22(12-17)19(23)13-25-16-6-3-5-15(11-16)24-2/h3,5-6,8-9,11,17H,4,7,10,12-13H2,1-2H3. The van der Waals surface area contributed by atoms with E-state index in [0.717, 1.165) is 12.8 Å². The number of ether oxygens (including phenoxy) is 3. The van der Waals surface area contributed by atoms with Crippen molar-refractivity contribution in [1.82, 2.24) is 14.9 Å². The largest absolute Gasteiger partial charge is 0.497 e. The summed E-state index contributed by atoms with van der Waals surface area (Å²) in [5.74, 6) is 2.46. The van der Waals surface area contributed by atoms with E-state index in [2.05, 4.69) is 9.97 Å². The smallest absolute Gasteiger partial charge is 0.260 e. The normalized spacial score (nSPS) is 16.8. The van der Waals surface area contributed by atoms with Crippen molar-refractivity contribution in [2.75, 3.05) is 26.8 Å². The molecule has 26 heavy (non-hydrogen) atoms. The first-order valence-electron chi connectivity index (χ1n) is 8.65. The fraction of sp³-hybridized carbons (Fsp3) is 0.421. The number of methoxy groups -OCH3 is 1. The van der Waals surface area contributed by atoms with E-state index in [4.69, 9.17) is 14.2 Å². The van der Waals surface area contributed by atoms with Crippen LogP contribution in [0.1, 0.15) is 18.7 Å². The van der Waals surface area contributed by atoms with Crippen molar-refractivity contribution >= 4 is 5.91 Å². The first-order chi connectivity index (χ1) is 12.6. The molecule has 1 aliphatic rings. The number of aryl methyl sites for hydroxylation is 1. The lowest BCUT2D eigenvalue weighted by Gasteiger charge is -2.32. The first kappa shape index (κ1) is 18.0. The summed E-state index contributed by atoms with van der Waals surface area (Å²) in [6.45, 7) is 3.05. The van der Waals surface area contributed by atoms with Crippen molar-refractivity contribution in [2.24, 2.45) is 0 Å². The second-order valence-corrected chi connectivity index (χ2v) is 6.13. The summed E-state index contributed by atoms with van der Waals surface area (Å²) < 4.78 is 16.7. The second kappa shape index (κ2) is 8.51. The summed E-state index contributed by atoms with van der Waals surface area (Å²) in [6, 6.07) is 8.95. The Hall–Kier alpha value is -2.83. The Bertz CT molecular complexity index is 753. The predicted molar refractivity (Wildman–Crippen MR) is 95.5 cm³/mol. The Labute approximate surface area is 152 Å². The molecule has 0 aliphatic carbocycles. The highest BCUT2D eigenvalue weighted by molar-refractivity contribution is 5.78. The van der Waals surface area contributed by atoms with Crippen molar-refractivity contribution in [2.45, 2.75) is 25.9 Å². The van der Waals surface area contributed by atoms with Crippen LogP contribution in [0.2, 0.25) is 0 Å². The van der Waals surface area contributed by atoms with Gasteiger partial charge in [0.15, 0.2) is 6.61 Å². The Morgan fingerprint density at radius 1 is 1.31 bits per heavy atom. The molecule has 3 rings (SSSR count). The first-order valence-corrected chi connectivity index (χ1v) is 8.65. The zero-order valence-corrected chi connectivity index (χ0v) is 15.1. The van der Waals surface area contributed by atoms with E-state index in [1.54, 1.807) is 36.4 Å². The van der Waals surface area contributed by atoms with Crippen LogP contribution in [-0.4, -0.2) is 53.7 Å². The number of piperidine rings is 1. The van der Waals surface area contributed by atoms with E-state index < -0.39 is 0 Å². The zero-order chi connectivity index (χ0) is 18.4. The maximum absolute atomic E-state index is 12.5. The van der Waals surface area contributed by atoms with Crippen LogP contribution in [0.3, 0.4) is 0 Å². The lowest BCUT2D eigenvalue weighted by Crippen LogP contribution is -2.46. The molecule has 1 fully saturated rings. The second-order valence-electron chi connectivity index (χ2n) is 6.13. The molecule has 1 saturated heterocycles. The third kappa shape index (κ3) is 4.84. The van der Waals surface area contributed by atoms with Gasteiger partial charge in [-0.05, 0) is 31.9 Å². The molecule has 7 nitrogen and oxygen atoms in total. The summed E-state index contributed by atoms with van der Waals surface area (Å²) in [4.78, 5) is 22.6. The van der Waals surface area contributed by atoms with Crippen molar-refractivity contribution in [1.29, 1.82) is 0 Å². The van der Waals surface area contributed by atoms with Gasteiger partial charge < -0.3 is 19.1 Å². The number of carbonyl (C=O) groups excluding carboxylic acids is 1. The van der Waals surface area contributed by atoms with Crippen LogP contribution in [0.15, 0.2) is 36.5 Å². The van der Waals surface area contributed by atoms with E-state index in [1.165, 1.54) is 0 Å². The highest BCUT2D eigenvalue weighted by Gasteiger charge is 2.25. The van der Waals surface area contributed by atoms with Gasteiger partial charge in [-0.3, -0.25) is 4.79 Å². The van der Waals surface area contributed by atoms with Crippen molar-refractivity contribution in [3.8, 4) is 17.4 Å². The van der Waals surface area contributed by atoms with Crippen LogP contribution in [0.25, 0.3) is 0 Å². The maximum atomic E-state index is 12.5. The van der Waals surface area contributed by atoms with Gasteiger partial charge in [-0.2, -0.15) is 4.98 Å². The Kier molecular flexibility index (Phi) is 5.88. The van der Waals surface area contributed by atoms with Crippen molar-refractivity contribution in [3.05, 3.63) is 42.4 Å².